The van der Waals surface area contributed by atoms with E-state index in [-0.39, 0.29) is 18.1 Å². The molecule has 0 spiro atoms. The predicted octanol–water partition coefficient (Wildman–Crippen LogP) is 4.11. The first-order valence-corrected chi connectivity index (χ1v) is 10.2. The molecule has 1 aliphatic carbocycles. The van der Waals surface area contributed by atoms with Crippen LogP contribution in [0.5, 0.6) is 0 Å². The van der Waals surface area contributed by atoms with Crippen molar-refractivity contribution in [2.24, 2.45) is 5.92 Å². The largest absolute Gasteiger partial charge is 0.463 e. The SMILES string of the molecule is C=C(CC(=O)OC1CCCCC1)C(=O)OCC(=O)OCC(CC)CCCC. The summed E-state index contributed by atoms with van der Waals surface area (Å²) in [5, 5.41) is 0. The van der Waals surface area contributed by atoms with Gasteiger partial charge in [0, 0.05) is 5.57 Å². The Morgan fingerprint density at radius 2 is 1.74 bits per heavy atom. The molecular formula is C21H34O6. The molecule has 0 amide bonds. The maximum absolute atomic E-state index is 11.9. The molecule has 6 heteroatoms. The second-order valence-electron chi connectivity index (χ2n) is 7.21. The molecule has 154 valence electrons. The van der Waals surface area contributed by atoms with Crippen molar-refractivity contribution in [3.05, 3.63) is 12.2 Å². The lowest BCUT2D eigenvalue weighted by Crippen LogP contribution is -2.23. The van der Waals surface area contributed by atoms with Crippen molar-refractivity contribution in [2.75, 3.05) is 13.2 Å². The Kier molecular flexibility index (Phi) is 11.5. The minimum Gasteiger partial charge on any atom is -0.463 e. The third-order valence-corrected chi connectivity index (χ3v) is 4.84. The van der Waals surface area contributed by atoms with Crippen molar-refractivity contribution in [1.29, 1.82) is 0 Å². The van der Waals surface area contributed by atoms with E-state index in [4.69, 9.17) is 14.2 Å². The number of rotatable bonds is 12. The van der Waals surface area contributed by atoms with Gasteiger partial charge in [0.1, 0.15) is 6.10 Å². The van der Waals surface area contributed by atoms with Crippen LogP contribution in [0.3, 0.4) is 0 Å². The molecule has 1 rings (SSSR count). The van der Waals surface area contributed by atoms with E-state index in [1.165, 1.54) is 6.42 Å². The first kappa shape index (κ1) is 23.2. The van der Waals surface area contributed by atoms with Crippen LogP contribution in [0.1, 0.15) is 78.1 Å². The lowest BCUT2D eigenvalue weighted by molar-refractivity contribution is -0.158. The van der Waals surface area contributed by atoms with Crippen molar-refractivity contribution >= 4 is 17.9 Å². The fourth-order valence-electron chi connectivity index (χ4n) is 3.03. The number of ether oxygens (including phenoxy) is 3. The van der Waals surface area contributed by atoms with Crippen LogP contribution < -0.4 is 0 Å². The van der Waals surface area contributed by atoms with Crippen molar-refractivity contribution in [3.8, 4) is 0 Å². The number of unbranched alkanes of at least 4 members (excludes halogenated alkanes) is 1. The molecule has 0 heterocycles. The predicted molar refractivity (Wildman–Crippen MR) is 102 cm³/mol. The normalized spacial score (nSPS) is 15.6. The van der Waals surface area contributed by atoms with Crippen molar-refractivity contribution < 1.29 is 28.6 Å². The zero-order valence-electron chi connectivity index (χ0n) is 16.8. The van der Waals surface area contributed by atoms with Gasteiger partial charge in [-0.15, -0.1) is 0 Å². The van der Waals surface area contributed by atoms with E-state index < -0.39 is 24.5 Å². The first-order valence-electron chi connectivity index (χ1n) is 10.2. The number of carbonyl (C=O) groups excluding carboxylic acids is 3. The van der Waals surface area contributed by atoms with Gasteiger partial charge in [-0.3, -0.25) is 4.79 Å². The van der Waals surface area contributed by atoms with Gasteiger partial charge in [-0.05, 0) is 38.0 Å². The Morgan fingerprint density at radius 3 is 2.37 bits per heavy atom. The van der Waals surface area contributed by atoms with Crippen LogP contribution in [0.2, 0.25) is 0 Å². The van der Waals surface area contributed by atoms with E-state index in [9.17, 15) is 14.4 Å². The van der Waals surface area contributed by atoms with Gasteiger partial charge in [0.05, 0.1) is 13.0 Å². The topological polar surface area (TPSA) is 78.9 Å². The van der Waals surface area contributed by atoms with Gasteiger partial charge < -0.3 is 14.2 Å². The molecule has 0 aromatic rings. The zero-order chi connectivity index (χ0) is 20.1. The minimum atomic E-state index is -0.773. The lowest BCUT2D eigenvalue weighted by Gasteiger charge is -2.21. The summed E-state index contributed by atoms with van der Waals surface area (Å²) in [7, 11) is 0. The Morgan fingerprint density at radius 1 is 1.04 bits per heavy atom. The summed E-state index contributed by atoms with van der Waals surface area (Å²) >= 11 is 0. The summed E-state index contributed by atoms with van der Waals surface area (Å²) in [6.07, 6.45) is 8.88. The van der Waals surface area contributed by atoms with Crippen LogP contribution in [-0.4, -0.2) is 37.2 Å². The Labute approximate surface area is 162 Å². The van der Waals surface area contributed by atoms with Gasteiger partial charge in [0.15, 0.2) is 6.61 Å². The average Bonchev–Trinajstić information content (AvgIpc) is 2.66. The highest BCUT2D eigenvalue weighted by Crippen LogP contribution is 2.21. The van der Waals surface area contributed by atoms with E-state index in [0.29, 0.717) is 12.5 Å². The molecule has 1 atom stereocenters. The molecule has 0 N–H and O–H groups in total. The maximum atomic E-state index is 11.9. The second-order valence-corrected chi connectivity index (χ2v) is 7.21. The van der Waals surface area contributed by atoms with Crippen molar-refractivity contribution in [3.63, 3.8) is 0 Å². The number of hydrogen-bond acceptors (Lipinski definition) is 6. The Bertz CT molecular complexity index is 493. The molecule has 1 unspecified atom stereocenters. The van der Waals surface area contributed by atoms with E-state index in [1.807, 2.05) is 0 Å². The van der Waals surface area contributed by atoms with E-state index in [0.717, 1.165) is 51.4 Å². The number of esters is 3. The lowest BCUT2D eigenvalue weighted by atomic mass is 9.98. The van der Waals surface area contributed by atoms with Gasteiger partial charge in [-0.1, -0.05) is 46.1 Å². The molecule has 6 nitrogen and oxygen atoms in total. The quantitative estimate of drug-likeness (QED) is 0.287. The molecule has 0 aromatic carbocycles. The van der Waals surface area contributed by atoms with Gasteiger partial charge in [0.2, 0.25) is 0 Å². The monoisotopic (exact) mass is 382 g/mol. The summed E-state index contributed by atoms with van der Waals surface area (Å²) < 4.78 is 15.4. The number of carbonyl (C=O) groups is 3. The second kappa shape index (κ2) is 13.3. The van der Waals surface area contributed by atoms with Crippen LogP contribution in [-0.2, 0) is 28.6 Å². The maximum Gasteiger partial charge on any atom is 0.344 e. The van der Waals surface area contributed by atoms with Crippen LogP contribution in [0, 0.1) is 5.92 Å². The minimum absolute atomic E-state index is 0.0158. The standard InChI is InChI=1S/C21H34O6/c1-4-6-10-17(5-2)14-25-20(23)15-26-21(24)16(3)13-19(22)27-18-11-8-7-9-12-18/h17-18H,3-15H2,1-2H3. The van der Waals surface area contributed by atoms with Gasteiger partial charge in [-0.2, -0.15) is 0 Å². The molecule has 1 fully saturated rings. The molecule has 0 radical (unpaired) electrons. The summed E-state index contributed by atoms with van der Waals surface area (Å²) in [5.74, 6) is -1.51. The summed E-state index contributed by atoms with van der Waals surface area (Å²) in [4.78, 5) is 35.5. The Balaban J connectivity index is 2.22. The summed E-state index contributed by atoms with van der Waals surface area (Å²) in [6.45, 7) is 7.60. The zero-order valence-corrected chi connectivity index (χ0v) is 16.8. The van der Waals surface area contributed by atoms with E-state index >= 15 is 0 Å². The summed E-state index contributed by atoms with van der Waals surface area (Å²) in [6, 6.07) is 0. The molecule has 1 saturated carbocycles. The Hall–Kier alpha value is -1.85. The summed E-state index contributed by atoms with van der Waals surface area (Å²) in [5.41, 5.74) is -0.0158. The van der Waals surface area contributed by atoms with Crippen LogP contribution in [0.4, 0.5) is 0 Å². The van der Waals surface area contributed by atoms with Crippen molar-refractivity contribution in [2.45, 2.75) is 84.2 Å². The molecule has 0 aromatic heterocycles. The highest BCUT2D eigenvalue weighted by molar-refractivity contribution is 5.94. The van der Waals surface area contributed by atoms with Crippen LogP contribution >= 0.6 is 0 Å². The smallest absolute Gasteiger partial charge is 0.344 e. The molecular weight excluding hydrogens is 348 g/mol. The van der Waals surface area contributed by atoms with Gasteiger partial charge in [-0.25, -0.2) is 9.59 Å². The molecule has 0 saturated heterocycles. The third-order valence-electron chi connectivity index (χ3n) is 4.84. The van der Waals surface area contributed by atoms with Gasteiger partial charge in [0.25, 0.3) is 0 Å². The average molecular weight is 382 g/mol. The third kappa shape index (κ3) is 10.2. The molecule has 0 bridgehead atoms. The highest BCUT2D eigenvalue weighted by Gasteiger charge is 2.21. The fraction of sp³-hybridized carbons (Fsp3) is 0.762. The highest BCUT2D eigenvalue weighted by atomic mass is 16.6. The van der Waals surface area contributed by atoms with Crippen LogP contribution in [0.25, 0.3) is 0 Å². The molecule has 27 heavy (non-hydrogen) atoms. The van der Waals surface area contributed by atoms with E-state index in [1.54, 1.807) is 0 Å². The van der Waals surface area contributed by atoms with Gasteiger partial charge >= 0.3 is 17.9 Å². The number of hydrogen-bond donors (Lipinski definition) is 0. The molecule has 0 aliphatic heterocycles. The molecule has 1 aliphatic rings. The van der Waals surface area contributed by atoms with Crippen molar-refractivity contribution in [1.82, 2.24) is 0 Å². The fourth-order valence-corrected chi connectivity index (χ4v) is 3.03. The van der Waals surface area contributed by atoms with Crippen LogP contribution in [0.15, 0.2) is 12.2 Å². The van der Waals surface area contributed by atoms with E-state index in [2.05, 4.69) is 20.4 Å². The first-order chi connectivity index (χ1) is 13.0.